The van der Waals surface area contributed by atoms with Crippen LogP contribution < -0.4 is 0 Å². The number of rotatable bonds is 2. The van der Waals surface area contributed by atoms with Crippen LogP contribution in [0.25, 0.3) is 10.9 Å². The Morgan fingerprint density at radius 2 is 1.83 bits per heavy atom. The Morgan fingerprint density at radius 1 is 1.21 bits per heavy atom. The second kappa shape index (κ2) is 6.45. The highest BCUT2D eigenvalue weighted by molar-refractivity contribution is 6.31. The molecule has 1 unspecified atom stereocenters. The van der Waals surface area contributed by atoms with Gasteiger partial charge in [0.2, 0.25) is 5.91 Å². The number of aromatic nitrogens is 2. The molecule has 0 aliphatic carbocycles. The molecule has 29 heavy (non-hydrogen) atoms. The average molecular weight is 418 g/mol. The highest BCUT2D eigenvalue weighted by atomic mass is 35.5. The lowest BCUT2D eigenvalue weighted by atomic mass is 9.68. The summed E-state index contributed by atoms with van der Waals surface area (Å²) >= 11 is 6.27. The maximum absolute atomic E-state index is 13.2. The molecule has 1 aromatic heterocycles. The molecule has 6 heteroatoms. The van der Waals surface area contributed by atoms with Gasteiger partial charge in [-0.05, 0) is 43.2 Å². The largest absolute Gasteiger partial charge is 0.386 e. The molecule has 0 saturated carbocycles. The first-order valence-electron chi connectivity index (χ1n) is 10.5. The first-order chi connectivity index (χ1) is 13.4. The van der Waals surface area contributed by atoms with Gasteiger partial charge < -0.3 is 10.0 Å². The third-order valence-corrected chi connectivity index (χ3v) is 8.20. The number of piperidine rings is 1. The molecule has 2 aromatic rings. The summed E-state index contributed by atoms with van der Waals surface area (Å²) in [6.45, 7) is 14.0. The van der Waals surface area contributed by atoms with Crippen LogP contribution in [0.15, 0.2) is 18.3 Å². The zero-order valence-corrected chi connectivity index (χ0v) is 19.0. The molecule has 1 fully saturated rings. The Kier molecular flexibility index (Phi) is 4.60. The van der Waals surface area contributed by atoms with Gasteiger partial charge in [-0.25, -0.2) is 0 Å². The third kappa shape index (κ3) is 2.84. The molecule has 5 nitrogen and oxygen atoms in total. The lowest BCUT2D eigenvalue weighted by molar-refractivity contribution is -0.148. The first kappa shape index (κ1) is 20.7. The summed E-state index contributed by atoms with van der Waals surface area (Å²) in [7, 11) is 0. The summed E-state index contributed by atoms with van der Waals surface area (Å²) in [6, 6.07) is 3.76. The quantitative estimate of drug-likeness (QED) is 0.766. The molecule has 2 aliphatic heterocycles. The van der Waals surface area contributed by atoms with Crippen LogP contribution in [0, 0.1) is 16.7 Å². The Labute approximate surface area is 178 Å². The minimum absolute atomic E-state index is 0.101. The van der Waals surface area contributed by atoms with Crippen molar-refractivity contribution in [2.75, 3.05) is 13.1 Å². The molecule has 3 heterocycles. The number of carbonyl (C=O) groups excluding carboxylic acids is 1. The number of carbonyl (C=O) groups is 1. The molecular formula is C23H32ClN3O2. The standard InChI is InChI=1S/C23H32ClN3O2/c1-21(2,3)22(4,5)20(29)26-9-7-15(8-10-26)23(6)19(28)17-12-16(24)11-14-13-25-27(23)18(14)17/h11-13,15,19,28H,7-10H2,1-6H3/t19-,23?/m1/s1. The van der Waals surface area contributed by atoms with E-state index in [1.165, 1.54) is 0 Å². The Hall–Kier alpha value is -1.59. The molecular weight excluding hydrogens is 386 g/mol. The fourth-order valence-corrected chi connectivity index (χ4v) is 5.18. The van der Waals surface area contributed by atoms with E-state index in [4.69, 9.17) is 11.6 Å². The molecule has 0 radical (unpaired) electrons. The first-order valence-corrected chi connectivity index (χ1v) is 10.9. The lowest BCUT2D eigenvalue weighted by Gasteiger charge is -2.46. The van der Waals surface area contributed by atoms with Crippen molar-refractivity contribution in [2.45, 2.75) is 66.0 Å². The van der Waals surface area contributed by atoms with E-state index < -0.39 is 17.1 Å². The summed E-state index contributed by atoms with van der Waals surface area (Å²) in [6.07, 6.45) is 2.88. The zero-order chi connectivity index (χ0) is 21.4. The van der Waals surface area contributed by atoms with E-state index in [1.807, 2.05) is 41.8 Å². The minimum Gasteiger partial charge on any atom is -0.386 e. The van der Waals surface area contributed by atoms with Crippen LogP contribution in [-0.4, -0.2) is 38.8 Å². The number of benzene rings is 1. The molecule has 0 bridgehead atoms. The van der Waals surface area contributed by atoms with E-state index in [0.717, 1.165) is 29.3 Å². The van der Waals surface area contributed by atoms with Crippen molar-refractivity contribution in [3.05, 3.63) is 28.9 Å². The summed E-state index contributed by atoms with van der Waals surface area (Å²) in [5.74, 6) is 0.450. The van der Waals surface area contributed by atoms with Crippen LogP contribution in [0.4, 0.5) is 0 Å². The SMILES string of the molecule is CC1(C2CCN(C(=O)C(C)(C)C(C)(C)C)CC2)[C@H](O)c2cc(Cl)cc3cnn1c23. The van der Waals surface area contributed by atoms with E-state index in [1.54, 1.807) is 0 Å². The zero-order valence-electron chi connectivity index (χ0n) is 18.3. The Balaban J connectivity index is 1.57. The molecule has 0 spiro atoms. The number of nitrogens with zero attached hydrogens (tertiary/aromatic N) is 3. The van der Waals surface area contributed by atoms with Gasteiger partial charge in [0.25, 0.3) is 0 Å². The number of halogens is 1. The van der Waals surface area contributed by atoms with Crippen molar-refractivity contribution in [2.24, 2.45) is 16.7 Å². The topological polar surface area (TPSA) is 58.4 Å². The number of hydrogen-bond acceptors (Lipinski definition) is 3. The predicted octanol–water partition coefficient (Wildman–Crippen LogP) is 4.76. The average Bonchev–Trinajstić information content (AvgIpc) is 3.17. The van der Waals surface area contributed by atoms with Crippen molar-refractivity contribution in [3.8, 4) is 0 Å². The van der Waals surface area contributed by atoms with Crippen molar-refractivity contribution in [3.63, 3.8) is 0 Å². The highest BCUT2D eigenvalue weighted by Crippen LogP contribution is 2.51. The van der Waals surface area contributed by atoms with Crippen LogP contribution >= 0.6 is 11.6 Å². The summed E-state index contributed by atoms with van der Waals surface area (Å²) in [5.41, 5.74) is 0.800. The van der Waals surface area contributed by atoms with E-state index in [-0.39, 0.29) is 17.2 Å². The van der Waals surface area contributed by atoms with Crippen LogP contribution in [0.5, 0.6) is 0 Å². The van der Waals surface area contributed by atoms with Gasteiger partial charge in [-0.15, -0.1) is 0 Å². The van der Waals surface area contributed by atoms with Gasteiger partial charge in [0.15, 0.2) is 0 Å². The van der Waals surface area contributed by atoms with Gasteiger partial charge >= 0.3 is 0 Å². The maximum Gasteiger partial charge on any atom is 0.228 e. The molecule has 1 saturated heterocycles. The molecule has 1 amide bonds. The van der Waals surface area contributed by atoms with Crippen molar-refractivity contribution in [1.29, 1.82) is 0 Å². The number of aliphatic hydroxyl groups excluding tert-OH is 1. The summed E-state index contributed by atoms with van der Waals surface area (Å²) < 4.78 is 2.00. The van der Waals surface area contributed by atoms with E-state index in [9.17, 15) is 9.90 Å². The van der Waals surface area contributed by atoms with Crippen LogP contribution in [0.3, 0.4) is 0 Å². The van der Waals surface area contributed by atoms with Gasteiger partial charge in [0.1, 0.15) is 6.10 Å². The number of aliphatic hydroxyl groups is 1. The molecule has 2 aliphatic rings. The fraction of sp³-hybridized carbons (Fsp3) is 0.652. The predicted molar refractivity (Wildman–Crippen MR) is 116 cm³/mol. The number of hydrogen-bond donors (Lipinski definition) is 1. The van der Waals surface area contributed by atoms with Crippen LogP contribution in [0.1, 0.15) is 66.1 Å². The van der Waals surface area contributed by atoms with Crippen LogP contribution in [0.2, 0.25) is 5.02 Å². The van der Waals surface area contributed by atoms with Crippen molar-refractivity contribution < 1.29 is 9.90 Å². The van der Waals surface area contributed by atoms with E-state index in [0.29, 0.717) is 18.1 Å². The van der Waals surface area contributed by atoms with Gasteiger partial charge in [-0.2, -0.15) is 5.10 Å². The maximum atomic E-state index is 13.2. The van der Waals surface area contributed by atoms with E-state index in [2.05, 4.69) is 32.8 Å². The van der Waals surface area contributed by atoms with Crippen molar-refractivity contribution in [1.82, 2.24) is 14.7 Å². The third-order valence-electron chi connectivity index (χ3n) is 7.98. The van der Waals surface area contributed by atoms with Crippen LogP contribution in [-0.2, 0) is 10.3 Å². The van der Waals surface area contributed by atoms with Crippen molar-refractivity contribution >= 4 is 28.4 Å². The van der Waals surface area contributed by atoms with Gasteiger partial charge in [-0.1, -0.05) is 46.2 Å². The lowest BCUT2D eigenvalue weighted by Crippen LogP contribution is -2.52. The van der Waals surface area contributed by atoms with Gasteiger partial charge in [0, 0.05) is 34.5 Å². The molecule has 2 atom stereocenters. The molecule has 4 rings (SSSR count). The second-order valence-corrected chi connectivity index (χ2v) is 11.0. The Morgan fingerprint density at radius 3 is 2.41 bits per heavy atom. The number of likely N-dealkylation sites (tertiary alicyclic amines) is 1. The highest BCUT2D eigenvalue weighted by Gasteiger charge is 2.51. The number of amides is 1. The second-order valence-electron chi connectivity index (χ2n) is 10.6. The Bertz CT molecular complexity index is 966. The summed E-state index contributed by atoms with van der Waals surface area (Å²) in [5, 5.41) is 17.5. The van der Waals surface area contributed by atoms with E-state index >= 15 is 0 Å². The minimum atomic E-state index is -0.648. The smallest absolute Gasteiger partial charge is 0.228 e. The van der Waals surface area contributed by atoms with Gasteiger partial charge in [0.05, 0.1) is 17.3 Å². The summed E-state index contributed by atoms with van der Waals surface area (Å²) in [4.78, 5) is 15.2. The van der Waals surface area contributed by atoms with Gasteiger partial charge in [-0.3, -0.25) is 9.48 Å². The fourth-order valence-electron chi connectivity index (χ4n) is 4.95. The normalized spacial score (nSPS) is 25.8. The monoisotopic (exact) mass is 417 g/mol. The molecule has 158 valence electrons. The molecule has 1 N–H and O–H groups in total. The molecule has 1 aromatic carbocycles.